The van der Waals surface area contributed by atoms with Gasteiger partial charge in [-0.25, -0.2) is 9.97 Å². The van der Waals surface area contributed by atoms with Crippen LogP contribution >= 0.6 is 23.4 Å². The molecule has 0 aliphatic rings. The van der Waals surface area contributed by atoms with E-state index in [2.05, 4.69) is 20.8 Å². The molecule has 0 unspecified atom stereocenters. The Labute approximate surface area is 170 Å². The summed E-state index contributed by atoms with van der Waals surface area (Å²) in [5.41, 5.74) is 5.49. The number of amides is 2. The number of nitrogens with zero attached hydrogens (tertiary/aromatic N) is 2. The number of carbonyl (C=O) groups is 2. The summed E-state index contributed by atoms with van der Waals surface area (Å²) in [6.07, 6.45) is 0. The van der Waals surface area contributed by atoms with Crippen molar-refractivity contribution in [2.75, 3.05) is 12.4 Å². The van der Waals surface area contributed by atoms with E-state index in [0.29, 0.717) is 16.6 Å². The predicted molar refractivity (Wildman–Crippen MR) is 108 cm³/mol. The quantitative estimate of drug-likeness (QED) is 0.364. The molecule has 0 aliphatic carbocycles. The average molecular weight is 417 g/mol. The van der Waals surface area contributed by atoms with Crippen molar-refractivity contribution in [3.63, 3.8) is 0 Å². The van der Waals surface area contributed by atoms with Crippen LogP contribution in [0.4, 0.5) is 0 Å². The molecule has 7 nitrogen and oxygen atoms in total. The van der Waals surface area contributed by atoms with Gasteiger partial charge < -0.3 is 4.74 Å². The largest absolute Gasteiger partial charge is 0.484 e. The van der Waals surface area contributed by atoms with Crippen molar-refractivity contribution in [1.82, 2.24) is 20.8 Å². The monoisotopic (exact) mass is 416 g/mol. The SMILES string of the molecule is Cc1nc(SCC(=O)NNC(=O)COc2ccc(Cl)cc2)c2ccccc2n1. The molecule has 0 radical (unpaired) electrons. The third-order valence-electron chi connectivity index (χ3n) is 3.54. The average Bonchev–Trinajstić information content (AvgIpc) is 2.70. The fourth-order valence-corrected chi connectivity index (χ4v) is 3.28. The zero-order chi connectivity index (χ0) is 19.9. The number of hydrogen-bond acceptors (Lipinski definition) is 6. The van der Waals surface area contributed by atoms with Crippen LogP contribution in [0, 0.1) is 6.92 Å². The Morgan fingerprint density at radius 1 is 1.04 bits per heavy atom. The smallest absolute Gasteiger partial charge is 0.276 e. The van der Waals surface area contributed by atoms with E-state index >= 15 is 0 Å². The number of thioether (sulfide) groups is 1. The van der Waals surface area contributed by atoms with Gasteiger partial charge in [-0.15, -0.1) is 0 Å². The van der Waals surface area contributed by atoms with Crippen LogP contribution in [-0.2, 0) is 9.59 Å². The van der Waals surface area contributed by atoms with E-state index in [0.717, 1.165) is 15.9 Å². The van der Waals surface area contributed by atoms with Gasteiger partial charge in [-0.05, 0) is 37.3 Å². The number of benzene rings is 2. The Hall–Kier alpha value is -2.84. The first-order valence-electron chi connectivity index (χ1n) is 8.33. The molecule has 144 valence electrons. The minimum Gasteiger partial charge on any atom is -0.484 e. The Kier molecular flexibility index (Phi) is 6.67. The lowest BCUT2D eigenvalue weighted by Crippen LogP contribution is -2.44. The maximum atomic E-state index is 12.0. The maximum Gasteiger partial charge on any atom is 0.276 e. The summed E-state index contributed by atoms with van der Waals surface area (Å²) >= 11 is 7.06. The highest BCUT2D eigenvalue weighted by atomic mass is 35.5. The molecule has 0 saturated carbocycles. The molecule has 1 aromatic heterocycles. The molecule has 2 aromatic carbocycles. The van der Waals surface area contributed by atoms with E-state index < -0.39 is 5.91 Å². The van der Waals surface area contributed by atoms with Gasteiger partial charge in [0.1, 0.15) is 16.6 Å². The molecule has 0 spiro atoms. The number of hydrogen-bond donors (Lipinski definition) is 2. The van der Waals surface area contributed by atoms with Crippen LogP contribution in [0.3, 0.4) is 0 Å². The van der Waals surface area contributed by atoms with Crippen LogP contribution in [0.25, 0.3) is 10.9 Å². The summed E-state index contributed by atoms with van der Waals surface area (Å²) in [4.78, 5) is 32.5. The Bertz CT molecular complexity index is 998. The molecule has 3 rings (SSSR count). The van der Waals surface area contributed by atoms with Crippen LogP contribution in [0.1, 0.15) is 5.82 Å². The maximum absolute atomic E-state index is 12.0. The molecule has 2 N–H and O–H groups in total. The summed E-state index contributed by atoms with van der Waals surface area (Å²) in [5, 5.41) is 2.18. The van der Waals surface area contributed by atoms with Crippen LogP contribution in [-0.4, -0.2) is 34.1 Å². The van der Waals surface area contributed by atoms with Gasteiger partial charge in [0.2, 0.25) is 5.91 Å². The van der Waals surface area contributed by atoms with E-state index in [1.807, 2.05) is 24.3 Å². The highest BCUT2D eigenvalue weighted by Gasteiger charge is 2.10. The van der Waals surface area contributed by atoms with Gasteiger partial charge in [0.25, 0.3) is 5.91 Å². The Morgan fingerprint density at radius 2 is 1.75 bits per heavy atom. The molecule has 1 heterocycles. The Balaban J connectivity index is 1.46. The lowest BCUT2D eigenvalue weighted by Gasteiger charge is -2.09. The van der Waals surface area contributed by atoms with Gasteiger partial charge in [0.05, 0.1) is 11.3 Å². The highest BCUT2D eigenvalue weighted by Crippen LogP contribution is 2.24. The van der Waals surface area contributed by atoms with Crippen molar-refractivity contribution < 1.29 is 14.3 Å². The zero-order valence-corrected chi connectivity index (χ0v) is 16.5. The summed E-state index contributed by atoms with van der Waals surface area (Å²) in [6, 6.07) is 14.2. The normalized spacial score (nSPS) is 10.5. The molecule has 9 heteroatoms. The summed E-state index contributed by atoms with van der Waals surface area (Å²) in [6.45, 7) is 1.57. The number of hydrazine groups is 1. The molecular formula is C19H17ClN4O3S. The number of para-hydroxylation sites is 1. The van der Waals surface area contributed by atoms with Gasteiger partial charge in [-0.2, -0.15) is 0 Å². The minimum atomic E-state index is -0.475. The first-order chi connectivity index (χ1) is 13.5. The number of carbonyl (C=O) groups excluding carboxylic acids is 2. The van der Waals surface area contributed by atoms with Gasteiger partial charge in [-0.3, -0.25) is 20.4 Å². The number of fused-ring (bicyclic) bond motifs is 1. The van der Waals surface area contributed by atoms with Gasteiger partial charge in [0.15, 0.2) is 6.61 Å². The number of aryl methyl sites for hydroxylation is 1. The summed E-state index contributed by atoms with van der Waals surface area (Å²) in [7, 11) is 0. The lowest BCUT2D eigenvalue weighted by molar-refractivity contribution is -0.128. The van der Waals surface area contributed by atoms with E-state index in [9.17, 15) is 9.59 Å². The number of rotatable bonds is 6. The first-order valence-corrected chi connectivity index (χ1v) is 9.70. The third-order valence-corrected chi connectivity index (χ3v) is 4.79. The van der Waals surface area contributed by atoms with Gasteiger partial charge in [-0.1, -0.05) is 41.6 Å². The van der Waals surface area contributed by atoms with Crippen molar-refractivity contribution in [2.24, 2.45) is 0 Å². The van der Waals surface area contributed by atoms with Crippen molar-refractivity contribution in [3.8, 4) is 5.75 Å². The van der Waals surface area contributed by atoms with Crippen molar-refractivity contribution in [2.45, 2.75) is 11.9 Å². The number of aromatic nitrogens is 2. The van der Waals surface area contributed by atoms with Crippen LogP contribution < -0.4 is 15.6 Å². The Morgan fingerprint density at radius 3 is 2.54 bits per heavy atom. The van der Waals surface area contributed by atoms with Crippen molar-refractivity contribution in [1.29, 1.82) is 0 Å². The second-order valence-electron chi connectivity index (χ2n) is 5.72. The van der Waals surface area contributed by atoms with E-state index in [-0.39, 0.29) is 18.3 Å². The molecule has 0 atom stereocenters. The molecule has 0 bridgehead atoms. The lowest BCUT2D eigenvalue weighted by atomic mass is 10.2. The minimum absolute atomic E-state index is 0.0960. The fourth-order valence-electron chi connectivity index (χ4n) is 2.29. The van der Waals surface area contributed by atoms with Crippen molar-refractivity contribution >= 4 is 46.1 Å². The molecule has 2 amide bonds. The van der Waals surface area contributed by atoms with Crippen LogP contribution in [0.15, 0.2) is 53.6 Å². The van der Waals surface area contributed by atoms with Gasteiger partial charge in [0, 0.05) is 10.4 Å². The van der Waals surface area contributed by atoms with E-state index in [4.69, 9.17) is 16.3 Å². The molecule has 0 fully saturated rings. The first kappa shape index (κ1) is 19.9. The third kappa shape index (κ3) is 5.58. The summed E-state index contributed by atoms with van der Waals surface area (Å²) in [5.74, 6) is 0.405. The van der Waals surface area contributed by atoms with E-state index in [1.165, 1.54) is 11.8 Å². The molecule has 0 aliphatic heterocycles. The second kappa shape index (κ2) is 9.38. The molecule has 0 saturated heterocycles. The number of halogens is 1. The highest BCUT2D eigenvalue weighted by molar-refractivity contribution is 8.00. The topological polar surface area (TPSA) is 93.2 Å². The number of nitrogens with one attached hydrogen (secondary N) is 2. The second-order valence-corrected chi connectivity index (χ2v) is 7.12. The number of ether oxygens (including phenoxy) is 1. The van der Waals surface area contributed by atoms with Gasteiger partial charge >= 0.3 is 0 Å². The fraction of sp³-hybridized carbons (Fsp3) is 0.158. The van der Waals surface area contributed by atoms with Crippen LogP contribution in [0.5, 0.6) is 5.75 Å². The van der Waals surface area contributed by atoms with E-state index in [1.54, 1.807) is 31.2 Å². The standard InChI is InChI=1S/C19H17ClN4O3S/c1-12-21-16-5-3-2-4-15(16)19(22-12)28-11-18(26)24-23-17(25)10-27-14-8-6-13(20)7-9-14/h2-9H,10-11H2,1H3,(H,23,25)(H,24,26). The van der Waals surface area contributed by atoms with Crippen LogP contribution in [0.2, 0.25) is 5.02 Å². The molecular weight excluding hydrogens is 400 g/mol. The predicted octanol–water partition coefficient (Wildman–Crippen LogP) is 2.91. The zero-order valence-electron chi connectivity index (χ0n) is 14.9. The molecule has 28 heavy (non-hydrogen) atoms. The van der Waals surface area contributed by atoms with Crippen molar-refractivity contribution in [3.05, 3.63) is 59.4 Å². The molecule has 3 aromatic rings. The summed E-state index contributed by atoms with van der Waals surface area (Å²) < 4.78 is 5.30.